The predicted octanol–water partition coefficient (Wildman–Crippen LogP) is 0.492. The summed E-state index contributed by atoms with van der Waals surface area (Å²) in [6, 6.07) is -0.537. The van der Waals surface area contributed by atoms with Crippen molar-refractivity contribution < 1.29 is 5.11 Å². The van der Waals surface area contributed by atoms with Crippen molar-refractivity contribution in [1.82, 2.24) is 0 Å². The van der Waals surface area contributed by atoms with Crippen LogP contribution in [0, 0.1) is 6.92 Å². The van der Waals surface area contributed by atoms with E-state index in [1.807, 2.05) is 0 Å². The highest BCUT2D eigenvalue weighted by molar-refractivity contribution is 4.65. The van der Waals surface area contributed by atoms with Gasteiger partial charge in [0.1, 0.15) is 0 Å². The second kappa shape index (κ2) is 3.46. The van der Waals surface area contributed by atoms with Crippen LogP contribution in [0.25, 0.3) is 10.4 Å². The molecule has 0 amide bonds. The highest BCUT2D eigenvalue weighted by atomic mass is 16.3. The molecule has 0 fully saturated rings. The lowest BCUT2D eigenvalue weighted by molar-refractivity contribution is 0.283. The van der Waals surface area contributed by atoms with Gasteiger partial charge in [0, 0.05) is 4.91 Å². The summed E-state index contributed by atoms with van der Waals surface area (Å²) in [4.78, 5) is 2.41. The van der Waals surface area contributed by atoms with Crippen molar-refractivity contribution in [3.05, 3.63) is 17.4 Å². The Hall–Kier alpha value is -0.730. The van der Waals surface area contributed by atoms with Gasteiger partial charge in [-0.05, 0) is 12.5 Å². The monoisotopic (exact) mass is 100 g/mol. The van der Waals surface area contributed by atoms with Crippen LogP contribution >= 0.6 is 0 Å². The number of aliphatic hydroxyl groups is 1. The van der Waals surface area contributed by atoms with E-state index in [1.54, 1.807) is 0 Å². The van der Waals surface area contributed by atoms with Gasteiger partial charge in [-0.3, -0.25) is 0 Å². The van der Waals surface area contributed by atoms with Gasteiger partial charge in [-0.15, -0.1) is 0 Å². The molecule has 0 saturated heterocycles. The first-order valence-corrected chi connectivity index (χ1v) is 1.79. The van der Waals surface area contributed by atoms with E-state index in [2.05, 4.69) is 16.9 Å². The molecule has 0 heterocycles. The van der Waals surface area contributed by atoms with Crippen LogP contribution in [0.2, 0.25) is 0 Å². The molecule has 0 bridgehead atoms. The zero-order valence-electron chi connectivity index (χ0n) is 3.78. The highest BCUT2D eigenvalue weighted by Gasteiger charge is 1.89. The van der Waals surface area contributed by atoms with E-state index in [0.29, 0.717) is 0 Å². The van der Waals surface area contributed by atoms with Gasteiger partial charge >= 0.3 is 0 Å². The van der Waals surface area contributed by atoms with Crippen molar-refractivity contribution in [1.29, 1.82) is 0 Å². The molecule has 0 rings (SSSR count). The Labute approximate surface area is 41.4 Å². The van der Waals surface area contributed by atoms with Crippen molar-refractivity contribution >= 4 is 0 Å². The minimum absolute atomic E-state index is 0.190. The zero-order valence-corrected chi connectivity index (χ0v) is 3.78. The Bertz CT molecular complexity index is 86.2. The molecular formula is C3H6N3O. The SMILES string of the molecule is [CH2]C(CO)N=[N+]=[N-]. The topological polar surface area (TPSA) is 69.0 Å². The molecule has 0 aliphatic heterocycles. The Morgan fingerprint density at radius 1 is 2.00 bits per heavy atom. The minimum atomic E-state index is -0.537. The van der Waals surface area contributed by atoms with Crippen LogP contribution in [-0.2, 0) is 0 Å². The van der Waals surface area contributed by atoms with E-state index < -0.39 is 6.04 Å². The van der Waals surface area contributed by atoms with Gasteiger partial charge < -0.3 is 5.11 Å². The Kier molecular flexibility index (Phi) is 3.10. The lowest BCUT2D eigenvalue weighted by atomic mass is 10.4. The van der Waals surface area contributed by atoms with Gasteiger partial charge in [0.15, 0.2) is 0 Å². The van der Waals surface area contributed by atoms with Crippen LogP contribution in [0.5, 0.6) is 0 Å². The van der Waals surface area contributed by atoms with Gasteiger partial charge in [0.2, 0.25) is 0 Å². The summed E-state index contributed by atoms with van der Waals surface area (Å²) < 4.78 is 0. The van der Waals surface area contributed by atoms with Crippen molar-refractivity contribution in [3.63, 3.8) is 0 Å². The average molecular weight is 100 g/mol. The first-order chi connectivity index (χ1) is 3.31. The highest BCUT2D eigenvalue weighted by Crippen LogP contribution is 1.83. The summed E-state index contributed by atoms with van der Waals surface area (Å²) in [5.74, 6) is 0. The normalized spacial score (nSPS) is 12.3. The first-order valence-electron chi connectivity index (χ1n) is 1.79. The number of aliphatic hydroxyl groups excluding tert-OH is 1. The van der Waals surface area contributed by atoms with Crippen molar-refractivity contribution in [2.45, 2.75) is 6.04 Å². The third-order valence-electron chi connectivity index (χ3n) is 0.426. The maximum Gasteiger partial charge on any atom is 0.0605 e. The summed E-state index contributed by atoms with van der Waals surface area (Å²) >= 11 is 0. The molecule has 0 spiro atoms. The number of nitrogens with zero attached hydrogens (tertiary/aromatic N) is 3. The molecule has 4 heteroatoms. The molecule has 0 aromatic rings. The molecule has 4 nitrogen and oxygen atoms in total. The predicted molar refractivity (Wildman–Crippen MR) is 25.4 cm³/mol. The van der Waals surface area contributed by atoms with E-state index >= 15 is 0 Å². The second-order valence-corrected chi connectivity index (χ2v) is 1.04. The summed E-state index contributed by atoms with van der Waals surface area (Å²) in [5.41, 5.74) is 7.68. The largest absolute Gasteiger partial charge is 0.396 e. The molecule has 7 heavy (non-hydrogen) atoms. The molecule has 0 saturated carbocycles. The fourth-order valence-electron chi connectivity index (χ4n) is 0.110. The van der Waals surface area contributed by atoms with Crippen LogP contribution in [0.15, 0.2) is 5.11 Å². The lowest BCUT2D eigenvalue weighted by Gasteiger charge is -1.91. The van der Waals surface area contributed by atoms with E-state index in [9.17, 15) is 0 Å². The van der Waals surface area contributed by atoms with Gasteiger partial charge in [0.05, 0.1) is 12.6 Å². The molecule has 0 aliphatic rings. The van der Waals surface area contributed by atoms with Crippen LogP contribution in [0.3, 0.4) is 0 Å². The lowest BCUT2D eigenvalue weighted by Crippen LogP contribution is -2.01. The molecule has 0 aromatic carbocycles. The maximum atomic E-state index is 8.14. The van der Waals surface area contributed by atoms with E-state index in [-0.39, 0.29) is 6.61 Å². The first kappa shape index (κ1) is 6.27. The average Bonchev–Trinajstić information content (AvgIpc) is 1.68. The van der Waals surface area contributed by atoms with Crippen LogP contribution in [0.4, 0.5) is 0 Å². The molecular weight excluding hydrogens is 94.1 g/mol. The van der Waals surface area contributed by atoms with Gasteiger partial charge in [0.25, 0.3) is 0 Å². The summed E-state index contributed by atoms with van der Waals surface area (Å²) in [7, 11) is 0. The number of azide groups is 1. The number of hydrogen-bond acceptors (Lipinski definition) is 2. The number of hydrogen-bond donors (Lipinski definition) is 1. The summed E-state index contributed by atoms with van der Waals surface area (Å²) in [6.07, 6.45) is 0. The molecule has 0 aromatic heterocycles. The standard InChI is InChI=1S/C3H6N3O/c1-3(2-7)5-6-4/h3,7H,1-2H2. The van der Waals surface area contributed by atoms with Gasteiger partial charge in [-0.2, -0.15) is 0 Å². The third kappa shape index (κ3) is 3.09. The van der Waals surface area contributed by atoms with Gasteiger partial charge in [-0.25, -0.2) is 0 Å². The minimum Gasteiger partial charge on any atom is -0.396 e. The molecule has 39 valence electrons. The van der Waals surface area contributed by atoms with Crippen molar-refractivity contribution in [2.75, 3.05) is 6.61 Å². The molecule has 1 atom stereocenters. The molecule has 1 radical (unpaired) electrons. The Morgan fingerprint density at radius 2 is 2.57 bits per heavy atom. The fraction of sp³-hybridized carbons (Fsp3) is 0.667. The summed E-state index contributed by atoms with van der Waals surface area (Å²) in [6.45, 7) is 3.09. The zero-order chi connectivity index (χ0) is 5.70. The Morgan fingerprint density at radius 3 is 2.71 bits per heavy atom. The van der Waals surface area contributed by atoms with Crippen LogP contribution < -0.4 is 0 Å². The van der Waals surface area contributed by atoms with Crippen molar-refractivity contribution in [2.24, 2.45) is 5.11 Å². The maximum absolute atomic E-state index is 8.14. The molecule has 0 aliphatic carbocycles. The fourth-order valence-corrected chi connectivity index (χ4v) is 0.110. The van der Waals surface area contributed by atoms with E-state index in [4.69, 9.17) is 10.6 Å². The van der Waals surface area contributed by atoms with E-state index in [1.165, 1.54) is 0 Å². The molecule has 1 unspecified atom stereocenters. The second-order valence-electron chi connectivity index (χ2n) is 1.04. The van der Waals surface area contributed by atoms with E-state index in [0.717, 1.165) is 0 Å². The van der Waals surface area contributed by atoms with Crippen LogP contribution in [0.1, 0.15) is 0 Å². The van der Waals surface area contributed by atoms with Crippen molar-refractivity contribution in [3.8, 4) is 0 Å². The summed E-state index contributed by atoms with van der Waals surface area (Å²) in [5, 5.41) is 11.2. The quantitative estimate of drug-likeness (QED) is 0.306. The molecule has 1 N–H and O–H groups in total. The number of rotatable bonds is 2. The van der Waals surface area contributed by atoms with Gasteiger partial charge in [-0.1, -0.05) is 5.11 Å². The Balaban J connectivity index is 3.35. The van der Waals surface area contributed by atoms with Crippen LogP contribution in [-0.4, -0.2) is 17.8 Å². The smallest absolute Gasteiger partial charge is 0.0605 e. The third-order valence-corrected chi connectivity index (χ3v) is 0.426.